The van der Waals surface area contributed by atoms with Gasteiger partial charge < -0.3 is 15.5 Å². The van der Waals surface area contributed by atoms with Gasteiger partial charge in [-0.3, -0.25) is 4.79 Å². The number of carbonyl (C=O) groups is 2. The van der Waals surface area contributed by atoms with Crippen molar-refractivity contribution in [1.29, 1.82) is 0 Å². The fourth-order valence-electron chi connectivity index (χ4n) is 3.85. The number of nitrogens with zero attached hydrogens (tertiary/aromatic N) is 2. The third-order valence-corrected chi connectivity index (χ3v) is 7.10. The molecule has 0 fully saturated rings. The van der Waals surface area contributed by atoms with E-state index in [1.165, 1.54) is 13.8 Å². The molecule has 190 valence electrons. The molecule has 3 aromatic carbocycles. The molecule has 3 aromatic rings. The van der Waals surface area contributed by atoms with E-state index in [0.717, 1.165) is 16.7 Å². The van der Waals surface area contributed by atoms with Crippen molar-refractivity contribution in [2.75, 3.05) is 0 Å². The van der Waals surface area contributed by atoms with Crippen molar-refractivity contribution in [3.8, 4) is 0 Å². The van der Waals surface area contributed by atoms with E-state index in [-0.39, 0.29) is 6.42 Å². The topological polar surface area (TPSA) is 121 Å². The number of amidine groups is 1. The second-order valence-corrected chi connectivity index (χ2v) is 10.3. The number of carboxylic acid groups (broad SMARTS) is 2. The Bertz CT molecular complexity index is 1270. The van der Waals surface area contributed by atoms with Gasteiger partial charge in [0.15, 0.2) is 10.8 Å². The van der Waals surface area contributed by atoms with Crippen molar-refractivity contribution in [2.45, 2.75) is 31.4 Å². The minimum Gasteiger partial charge on any atom is -0.481 e. The molecular formula is C28H27N3O5S. The highest BCUT2D eigenvalue weighted by molar-refractivity contribution is 8.05. The van der Waals surface area contributed by atoms with E-state index in [0.29, 0.717) is 10.9 Å². The molecule has 0 radical (unpaired) electrons. The summed E-state index contributed by atoms with van der Waals surface area (Å²) in [5.74, 6) is -2.19. The largest absolute Gasteiger partial charge is 0.481 e. The fraction of sp³-hybridized carbons (Fsp3) is 0.179. The maximum Gasteiger partial charge on any atom is 0.338 e. The first-order valence-corrected chi connectivity index (χ1v) is 12.8. The van der Waals surface area contributed by atoms with Crippen LogP contribution in [0.4, 0.5) is 0 Å². The summed E-state index contributed by atoms with van der Waals surface area (Å²) in [6, 6.07) is 29.4. The maximum absolute atomic E-state index is 11.6. The minimum absolute atomic E-state index is 0.268. The summed E-state index contributed by atoms with van der Waals surface area (Å²) in [6.45, 7) is 2.79. The van der Waals surface area contributed by atoms with Crippen LogP contribution >= 0.6 is 0 Å². The maximum atomic E-state index is 11.6. The Kier molecular flexibility index (Phi) is 7.66. The lowest BCUT2D eigenvalue weighted by molar-refractivity contribution is -0.160. The summed E-state index contributed by atoms with van der Waals surface area (Å²) in [5, 5.41) is 24.0. The number of rotatable bonds is 9. The van der Waals surface area contributed by atoms with E-state index >= 15 is 0 Å². The van der Waals surface area contributed by atoms with E-state index in [2.05, 4.69) is 9.84 Å². The van der Waals surface area contributed by atoms with Crippen LogP contribution in [0.5, 0.6) is 0 Å². The third kappa shape index (κ3) is 5.68. The monoisotopic (exact) mass is 517 g/mol. The molecule has 1 aliphatic rings. The molecule has 1 unspecified atom stereocenters. The number of nitrogens with one attached hydrogen (secondary N) is 1. The lowest BCUT2D eigenvalue weighted by Gasteiger charge is -2.32. The van der Waals surface area contributed by atoms with Crippen LogP contribution in [0.3, 0.4) is 0 Å². The number of aliphatic carboxylic acids is 2. The minimum atomic E-state index is -1.57. The summed E-state index contributed by atoms with van der Waals surface area (Å²) < 4.78 is 4.20. The second-order valence-electron chi connectivity index (χ2n) is 8.86. The number of benzene rings is 3. The Morgan fingerprint density at radius 3 is 1.70 bits per heavy atom. The SMILES string of the molecule is CC(C)(O/N=S1\C=C(CC(=O)O)NC1=NC(c1ccccc1)(c1ccccc1)c1ccccc1)C(=O)O. The fourth-order valence-corrected chi connectivity index (χ4v) is 5.22. The third-order valence-electron chi connectivity index (χ3n) is 5.77. The van der Waals surface area contributed by atoms with Crippen LogP contribution in [0.25, 0.3) is 0 Å². The van der Waals surface area contributed by atoms with Crippen LogP contribution in [-0.4, -0.2) is 32.9 Å². The van der Waals surface area contributed by atoms with Crippen LogP contribution in [0, 0.1) is 0 Å². The van der Waals surface area contributed by atoms with Crippen LogP contribution in [-0.2, 0) is 30.7 Å². The molecule has 0 aliphatic carbocycles. The van der Waals surface area contributed by atoms with E-state index in [9.17, 15) is 19.8 Å². The van der Waals surface area contributed by atoms with Crippen LogP contribution in [0.1, 0.15) is 37.0 Å². The highest BCUT2D eigenvalue weighted by Gasteiger charge is 2.38. The van der Waals surface area contributed by atoms with Gasteiger partial charge in [0.2, 0.25) is 0 Å². The normalized spacial score (nSPS) is 16.9. The number of hydrogen-bond donors (Lipinski definition) is 3. The van der Waals surface area contributed by atoms with E-state index in [4.69, 9.17) is 9.83 Å². The Labute approximate surface area is 217 Å². The molecule has 0 aromatic heterocycles. The zero-order valence-corrected chi connectivity index (χ0v) is 21.2. The molecule has 4 rings (SSSR count). The van der Waals surface area contributed by atoms with Crippen LogP contribution in [0.2, 0.25) is 0 Å². The molecule has 8 nitrogen and oxygen atoms in total. The zero-order valence-electron chi connectivity index (χ0n) is 20.4. The van der Waals surface area contributed by atoms with E-state index in [1.54, 1.807) is 5.41 Å². The number of hydrogen-bond acceptors (Lipinski definition) is 5. The number of aliphatic imine (C=N–C) groups is 1. The Hall–Kier alpha value is -4.08. The van der Waals surface area contributed by atoms with Crippen molar-refractivity contribution < 1.29 is 24.6 Å². The molecule has 3 N–H and O–H groups in total. The first-order chi connectivity index (χ1) is 17.7. The summed E-state index contributed by atoms with van der Waals surface area (Å²) in [4.78, 5) is 33.7. The lowest BCUT2D eigenvalue weighted by Crippen LogP contribution is -2.34. The molecule has 0 saturated carbocycles. The summed E-state index contributed by atoms with van der Waals surface area (Å²) in [6.07, 6.45) is -0.268. The van der Waals surface area contributed by atoms with Gasteiger partial charge in [-0.15, -0.1) is 0 Å². The summed E-state index contributed by atoms with van der Waals surface area (Å²) in [5.41, 5.74) is 0.493. The molecule has 1 aliphatic heterocycles. The molecule has 9 heteroatoms. The predicted molar refractivity (Wildman–Crippen MR) is 143 cm³/mol. The van der Waals surface area contributed by atoms with Crippen molar-refractivity contribution in [3.05, 3.63) is 119 Å². The molecular weight excluding hydrogens is 490 g/mol. The molecule has 0 amide bonds. The predicted octanol–water partition coefficient (Wildman–Crippen LogP) is 4.85. The summed E-state index contributed by atoms with van der Waals surface area (Å²) in [7, 11) is -1.19. The van der Waals surface area contributed by atoms with Gasteiger partial charge in [0, 0.05) is 21.8 Å². The quantitative estimate of drug-likeness (QED) is 0.276. The Morgan fingerprint density at radius 1 is 0.838 bits per heavy atom. The molecule has 1 heterocycles. The first-order valence-electron chi connectivity index (χ1n) is 11.5. The van der Waals surface area contributed by atoms with Gasteiger partial charge in [-0.25, -0.2) is 14.6 Å². The van der Waals surface area contributed by atoms with Gasteiger partial charge in [0.25, 0.3) is 0 Å². The highest BCUT2D eigenvalue weighted by atomic mass is 32.2. The van der Waals surface area contributed by atoms with Gasteiger partial charge in [0.05, 0.1) is 6.42 Å². The lowest BCUT2D eigenvalue weighted by atomic mass is 9.77. The highest BCUT2D eigenvalue weighted by Crippen LogP contribution is 2.41. The van der Waals surface area contributed by atoms with Gasteiger partial charge in [-0.05, 0) is 30.5 Å². The Balaban J connectivity index is 1.96. The molecule has 37 heavy (non-hydrogen) atoms. The molecule has 0 saturated heterocycles. The average Bonchev–Trinajstić information content (AvgIpc) is 3.27. The summed E-state index contributed by atoms with van der Waals surface area (Å²) >= 11 is 0. The second kappa shape index (κ2) is 10.9. The number of carboxylic acids is 2. The van der Waals surface area contributed by atoms with Gasteiger partial charge >= 0.3 is 11.9 Å². The van der Waals surface area contributed by atoms with Crippen molar-refractivity contribution in [1.82, 2.24) is 5.32 Å². The first kappa shape index (κ1) is 26.0. The average molecular weight is 518 g/mol. The molecule has 0 spiro atoms. The van der Waals surface area contributed by atoms with Crippen molar-refractivity contribution in [3.63, 3.8) is 0 Å². The van der Waals surface area contributed by atoms with Crippen molar-refractivity contribution >= 4 is 27.8 Å². The van der Waals surface area contributed by atoms with E-state index in [1.807, 2.05) is 91.0 Å². The molecule has 1 atom stereocenters. The van der Waals surface area contributed by atoms with E-state index < -0.39 is 33.8 Å². The van der Waals surface area contributed by atoms with Crippen molar-refractivity contribution in [2.24, 2.45) is 9.52 Å². The molecule has 0 bridgehead atoms. The van der Waals surface area contributed by atoms with Gasteiger partial charge in [-0.1, -0.05) is 95.5 Å². The van der Waals surface area contributed by atoms with Crippen LogP contribution < -0.4 is 5.32 Å². The standard InChI is InChI=1S/C28H27N3O5S/c1-27(2,25(34)35)36-31-37-19-23(18-24(32)33)29-26(37)30-28(20-12-6-3-7-13-20,21-14-8-4-9-15-21)22-16-10-5-11-17-22/h3-17,19H,18H2,1-2H3,(H,29,30)(H,32,33)(H,34,35). The Morgan fingerprint density at radius 2 is 1.30 bits per heavy atom. The smallest absolute Gasteiger partial charge is 0.338 e. The van der Waals surface area contributed by atoms with Gasteiger partial charge in [-0.2, -0.15) is 0 Å². The zero-order chi connectivity index (χ0) is 26.5. The van der Waals surface area contributed by atoms with Crippen LogP contribution in [0.15, 0.2) is 112 Å². The van der Waals surface area contributed by atoms with Gasteiger partial charge in [0.1, 0.15) is 5.54 Å².